The van der Waals surface area contributed by atoms with Gasteiger partial charge < -0.3 is 109 Å². The standard InChI is InChI=1S/C74H89N15O24/c1-42(92)80-55(32-43-13-4-2-5-14-43)68(104)84-56(33-44-15-6-3-7-16-44)69(105)85-59(41-91)71(107)86-58(40-90)70(106)83-52(21-24-63(97)98)67(103)82-51(20-23-62(95)96)65(101)79-38-61(94)89(27-12-28-113-48-30-45(35-75)29-46(31-48)36-76)39-60(93)81-57(34-47-37-78-50-18-9-8-17-49(47)50)66(102)77-26-11-10-19-53(72(108)109)87-74(112)88-54(73(110)111)22-25-64(99)100/h2-9,13-18,29-31,37,51-59,78,90-91H,10-12,19-28,32-34,38-41H2,1H3,(H,77,102)(H,79,101)(H,80,92)(H,81,93)(H,82,103)(H,83,106)(H,84,104)(H,85,105)(H,86,107)(H,95,96)(H,97,98)(H,99,100)(H,108,109)(H,110,111)(H2,87,88,112)/t51-,52-,53-,54-,55-,56-,57-,58-,59-/m0/s1. The van der Waals surface area contributed by atoms with Crippen LogP contribution < -0.4 is 63.2 Å². The average molecular weight is 1570 g/mol. The zero-order chi connectivity index (χ0) is 83.1. The number of nitriles is 2. The Bertz CT molecular complexity index is 4250. The summed E-state index contributed by atoms with van der Waals surface area (Å²) in [5.74, 6) is -17.8. The van der Waals surface area contributed by atoms with Crippen molar-refractivity contribution in [3.8, 4) is 17.9 Å². The molecule has 1 heterocycles. The molecule has 1 aromatic heterocycles. The number of rotatable bonds is 49. The number of ether oxygens (including phenoxy) is 1. The second kappa shape index (κ2) is 46.7. The second-order valence-electron chi connectivity index (χ2n) is 25.7. The highest BCUT2D eigenvalue weighted by atomic mass is 16.5. The first-order valence-electron chi connectivity index (χ1n) is 35.4. The minimum absolute atomic E-state index is 0.00111. The molecule has 0 bridgehead atoms. The van der Waals surface area contributed by atoms with Crippen LogP contribution in [0.5, 0.6) is 5.75 Å². The van der Waals surface area contributed by atoms with Gasteiger partial charge in [0.25, 0.3) is 0 Å². The number of nitrogens with one attached hydrogen (secondary N) is 12. The molecule has 604 valence electrons. The van der Waals surface area contributed by atoms with Gasteiger partial charge in [0, 0.05) is 75.6 Å². The van der Waals surface area contributed by atoms with Gasteiger partial charge in [0.05, 0.1) is 56.2 Å². The highest BCUT2D eigenvalue weighted by Gasteiger charge is 2.35. The largest absolute Gasteiger partial charge is 0.493 e. The number of fused-ring (bicyclic) bond motifs is 1. The quantitative estimate of drug-likeness (QED) is 0.0184. The van der Waals surface area contributed by atoms with E-state index in [2.05, 4.69) is 58.2 Å². The molecule has 0 aliphatic rings. The monoisotopic (exact) mass is 1570 g/mol. The molecule has 0 saturated heterocycles. The van der Waals surface area contributed by atoms with Crippen LogP contribution in [0.25, 0.3) is 10.9 Å². The Balaban J connectivity index is 1.32. The Hall–Kier alpha value is -13.6. The number of unbranched alkanes of at least 4 members (excludes halogenated alkanes) is 1. The molecule has 9 atom stereocenters. The Morgan fingerprint density at radius 2 is 0.912 bits per heavy atom. The molecule has 0 fully saturated rings. The van der Waals surface area contributed by atoms with E-state index in [4.69, 9.17) is 9.84 Å². The van der Waals surface area contributed by atoms with Crippen LogP contribution in [0.1, 0.15) is 98.9 Å². The number of H-pyrrole nitrogens is 1. The van der Waals surface area contributed by atoms with E-state index < -0.39 is 214 Å². The van der Waals surface area contributed by atoms with Crippen molar-refractivity contribution in [3.63, 3.8) is 0 Å². The molecule has 0 spiro atoms. The number of carboxylic acid groups (broad SMARTS) is 5. The molecule has 0 radical (unpaired) electrons. The number of carbonyl (C=O) groups is 16. The lowest BCUT2D eigenvalue weighted by molar-refractivity contribution is -0.141. The summed E-state index contributed by atoms with van der Waals surface area (Å²) >= 11 is 0. The Kier molecular flexibility index (Phi) is 37.2. The number of aromatic amines is 1. The van der Waals surface area contributed by atoms with Gasteiger partial charge in [-0.3, -0.25) is 62.3 Å². The number of carbonyl (C=O) groups excluding carboxylic acids is 11. The van der Waals surface area contributed by atoms with Crippen molar-refractivity contribution < 1.29 is 117 Å². The Morgan fingerprint density at radius 3 is 1.42 bits per heavy atom. The molecular weight excluding hydrogens is 1480 g/mol. The number of benzene rings is 4. The van der Waals surface area contributed by atoms with E-state index in [1.54, 1.807) is 91.1 Å². The average Bonchev–Trinajstić information content (AvgIpc) is 1.71. The summed E-state index contributed by atoms with van der Waals surface area (Å²) in [6.07, 6.45) is -3.27. The Labute approximate surface area is 645 Å². The third-order valence-electron chi connectivity index (χ3n) is 17.0. The van der Waals surface area contributed by atoms with E-state index in [-0.39, 0.29) is 81.5 Å². The van der Waals surface area contributed by atoms with Gasteiger partial charge in [-0.1, -0.05) is 78.9 Å². The van der Waals surface area contributed by atoms with Gasteiger partial charge >= 0.3 is 35.9 Å². The van der Waals surface area contributed by atoms with Crippen LogP contribution in [0, 0.1) is 22.7 Å². The van der Waals surface area contributed by atoms with Crippen LogP contribution in [0.2, 0.25) is 0 Å². The van der Waals surface area contributed by atoms with Gasteiger partial charge in [0.15, 0.2) is 0 Å². The van der Waals surface area contributed by atoms with Gasteiger partial charge in [-0.2, -0.15) is 10.5 Å². The summed E-state index contributed by atoms with van der Waals surface area (Å²) in [5, 5.41) is 114. The Morgan fingerprint density at radius 1 is 0.469 bits per heavy atom. The van der Waals surface area contributed by atoms with Crippen LogP contribution in [0.15, 0.2) is 109 Å². The smallest absolute Gasteiger partial charge is 0.326 e. The van der Waals surface area contributed by atoms with Crippen LogP contribution in [0.4, 0.5) is 4.79 Å². The normalized spacial score (nSPS) is 13.1. The number of carboxylic acids is 5. The second-order valence-corrected chi connectivity index (χ2v) is 25.7. The molecule has 5 rings (SSSR count). The highest BCUT2D eigenvalue weighted by molar-refractivity contribution is 5.99. The van der Waals surface area contributed by atoms with Gasteiger partial charge in [-0.25, -0.2) is 14.4 Å². The number of amides is 12. The fourth-order valence-corrected chi connectivity index (χ4v) is 11.2. The highest BCUT2D eigenvalue weighted by Crippen LogP contribution is 2.21. The maximum absolute atomic E-state index is 14.4. The topological polar surface area (TPSA) is 623 Å². The predicted octanol–water partition coefficient (Wildman–Crippen LogP) is -2.16. The van der Waals surface area contributed by atoms with Gasteiger partial charge in [-0.05, 0) is 85.9 Å². The van der Waals surface area contributed by atoms with Crippen LogP contribution in [-0.4, -0.2) is 241 Å². The number of hydrogen-bond acceptors (Lipinski definition) is 21. The number of aliphatic hydroxyl groups is 2. The number of aliphatic carboxylic acids is 5. The van der Waals surface area contributed by atoms with Crippen molar-refractivity contribution in [2.45, 2.75) is 145 Å². The SMILES string of the molecule is CC(=O)N[C@@H](Cc1ccccc1)C(=O)N[C@@H](Cc1ccccc1)C(=O)N[C@@H](CO)C(=O)N[C@@H](CO)C(=O)N[C@@H](CCC(=O)O)C(=O)N[C@@H](CCC(=O)O)C(=O)NCC(=O)N(CCCOc1cc(C#N)cc(C#N)c1)CC(=O)N[C@@H](Cc1c[nH]c2ccccc12)C(=O)NCCCC[C@H](NC(=O)N[C@@H](CCC(=O)O)C(=O)O)C(=O)O. The molecule has 12 amide bonds. The number of para-hydroxylation sites is 1. The zero-order valence-electron chi connectivity index (χ0n) is 61.1. The molecule has 39 heteroatoms. The van der Waals surface area contributed by atoms with Gasteiger partial charge in [-0.15, -0.1) is 0 Å². The zero-order valence-corrected chi connectivity index (χ0v) is 61.1. The summed E-state index contributed by atoms with van der Waals surface area (Å²) in [6, 6.07) is 15.2. The summed E-state index contributed by atoms with van der Waals surface area (Å²) < 4.78 is 5.78. The summed E-state index contributed by atoms with van der Waals surface area (Å²) in [4.78, 5) is 214. The maximum atomic E-state index is 14.4. The van der Waals surface area contributed by atoms with Crippen molar-refractivity contribution in [2.24, 2.45) is 0 Å². The molecule has 4 aromatic carbocycles. The molecule has 113 heavy (non-hydrogen) atoms. The summed E-state index contributed by atoms with van der Waals surface area (Å²) in [5.41, 5.74) is 2.51. The van der Waals surface area contributed by atoms with Crippen LogP contribution in [0.3, 0.4) is 0 Å². The minimum Gasteiger partial charge on any atom is -0.493 e. The van der Waals surface area contributed by atoms with E-state index in [1.807, 2.05) is 17.5 Å². The lowest BCUT2D eigenvalue weighted by Gasteiger charge is -2.27. The molecular formula is C74H89N15O24. The van der Waals surface area contributed by atoms with E-state index in [1.165, 1.54) is 25.1 Å². The fourth-order valence-electron chi connectivity index (χ4n) is 11.2. The van der Waals surface area contributed by atoms with Gasteiger partial charge in [0.2, 0.25) is 59.1 Å². The molecule has 19 N–H and O–H groups in total. The summed E-state index contributed by atoms with van der Waals surface area (Å²) in [6.45, 7) is -3.77. The van der Waals surface area contributed by atoms with Crippen molar-refractivity contribution in [1.82, 2.24) is 68.4 Å². The first-order chi connectivity index (χ1) is 53.9. The predicted molar refractivity (Wildman–Crippen MR) is 393 cm³/mol. The fraction of sp³-hybridized carbons (Fsp3) is 0.405. The van der Waals surface area contributed by atoms with E-state index >= 15 is 0 Å². The number of nitrogens with zero attached hydrogens (tertiary/aromatic N) is 3. The van der Waals surface area contributed by atoms with E-state index in [0.29, 0.717) is 27.6 Å². The number of aromatic nitrogens is 1. The molecule has 0 unspecified atom stereocenters. The number of urea groups is 1. The summed E-state index contributed by atoms with van der Waals surface area (Å²) in [7, 11) is 0. The van der Waals surface area contributed by atoms with Crippen molar-refractivity contribution in [3.05, 3.63) is 137 Å². The van der Waals surface area contributed by atoms with E-state index in [9.17, 15) is 118 Å². The first kappa shape index (κ1) is 90.1. The van der Waals surface area contributed by atoms with Crippen molar-refractivity contribution in [1.29, 1.82) is 10.5 Å². The van der Waals surface area contributed by atoms with Gasteiger partial charge in [0.1, 0.15) is 60.1 Å². The van der Waals surface area contributed by atoms with Crippen molar-refractivity contribution in [2.75, 3.05) is 46.0 Å². The molecule has 39 nitrogen and oxygen atoms in total. The number of aliphatic hydroxyl groups excluding tert-OH is 2. The molecule has 0 saturated carbocycles. The molecule has 5 aromatic rings. The molecule has 0 aliphatic carbocycles. The maximum Gasteiger partial charge on any atom is 0.326 e. The van der Waals surface area contributed by atoms with E-state index in [0.717, 1.165) is 4.90 Å². The molecule has 0 aliphatic heterocycles. The van der Waals surface area contributed by atoms with Crippen LogP contribution >= 0.6 is 0 Å². The lowest BCUT2D eigenvalue weighted by Crippen LogP contribution is -2.61. The minimum atomic E-state index is -2.03. The van der Waals surface area contributed by atoms with Crippen LogP contribution in [-0.2, 0) is 91.2 Å². The van der Waals surface area contributed by atoms with Crippen molar-refractivity contribution >= 4 is 106 Å². The first-order valence-corrected chi connectivity index (χ1v) is 35.4. The third kappa shape index (κ3) is 31.9. The lowest BCUT2D eigenvalue weighted by atomic mass is 10.0. The third-order valence-corrected chi connectivity index (χ3v) is 17.0. The number of hydrogen-bond donors (Lipinski definition) is 19.